The van der Waals surface area contributed by atoms with Crippen molar-refractivity contribution in [3.63, 3.8) is 0 Å². The van der Waals surface area contributed by atoms with Gasteiger partial charge in [-0.2, -0.15) is 0 Å². The van der Waals surface area contributed by atoms with Gasteiger partial charge in [-0.1, -0.05) is 0 Å². The zero-order chi connectivity index (χ0) is 16.2. The molecular weight excluding hydrogens is 286 g/mol. The van der Waals surface area contributed by atoms with Crippen molar-refractivity contribution >= 4 is 11.9 Å². The van der Waals surface area contributed by atoms with Crippen LogP contribution in [0.2, 0.25) is 0 Å². The predicted octanol–water partition coefficient (Wildman–Crippen LogP) is -0.651. The first-order chi connectivity index (χ1) is 10.5. The van der Waals surface area contributed by atoms with Gasteiger partial charge in [0.15, 0.2) is 5.82 Å². The molecule has 0 aromatic carbocycles. The van der Waals surface area contributed by atoms with Crippen LogP contribution in [0, 0.1) is 5.92 Å². The standard InChI is InChI=1S/C14H21N5O3/c15-6-1-3-9(10(16)12(21)22)11(20)19-14(4-5-14)13-17-7-2-8-18-13/h2,7-10H,1,3-6,15-16H2,(H,19,20)(H,21,22). The molecule has 0 radical (unpaired) electrons. The topological polar surface area (TPSA) is 144 Å². The lowest BCUT2D eigenvalue weighted by molar-refractivity contribution is -0.143. The van der Waals surface area contributed by atoms with Crippen LogP contribution in [0.5, 0.6) is 0 Å². The van der Waals surface area contributed by atoms with Gasteiger partial charge in [0, 0.05) is 12.4 Å². The van der Waals surface area contributed by atoms with E-state index >= 15 is 0 Å². The molecule has 1 fully saturated rings. The van der Waals surface area contributed by atoms with Crippen molar-refractivity contribution in [3.8, 4) is 0 Å². The highest BCUT2D eigenvalue weighted by molar-refractivity contribution is 5.87. The summed E-state index contributed by atoms with van der Waals surface area (Å²) in [5.74, 6) is -1.85. The van der Waals surface area contributed by atoms with Crippen molar-refractivity contribution in [1.29, 1.82) is 0 Å². The maximum atomic E-state index is 12.5. The number of aliphatic carboxylic acids is 1. The van der Waals surface area contributed by atoms with Gasteiger partial charge in [-0.25, -0.2) is 9.97 Å². The summed E-state index contributed by atoms with van der Waals surface area (Å²) < 4.78 is 0. The van der Waals surface area contributed by atoms with E-state index in [0.29, 0.717) is 25.2 Å². The Labute approximate surface area is 128 Å². The van der Waals surface area contributed by atoms with Crippen LogP contribution in [0.3, 0.4) is 0 Å². The molecule has 0 aliphatic heterocycles. The Balaban J connectivity index is 2.09. The Morgan fingerprint density at radius 3 is 2.50 bits per heavy atom. The number of nitrogens with two attached hydrogens (primary N) is 2. The Morgan fingerprint density at radius 1 is 1.36 bits per heavy atom. The molecule has 1 amide bonds. The third kappa shape index (κ3) is 3.58. The van der Waals surface area contributed by atoms with Crippen LogP contribution in [-0.4, -0.2) is 39.5 Å². The monoisotopic (exact) mass is 307 g/mol. The number of hydrogen-bond donors (Lipinski definition) is 4. The number of amides is 1. The Hall–Kier alpha value is -2.06. The van der Waals surface area contributed by atoms with Gasteiger partial charge in [0.1, 0.15) is 6.04 Å². The minimum Gasteiger partial charge on any atom is -0.480 e. The normalized spacial score (nSPS) is 18.3. The molecule has 1 aromatic rings. The van der Waals surface area contributed by atoms with E-state index in [-0.39, 0.29) is 5.91 Å². The smallest absolute Gasteiger partial charge is 0.321 e. The summed E-state index contributed by atoms with van der Waals surface area (Å²) in [5.41, 5.74) is 10.5. The summed E-state index contributed by atoms with van der Waals surface area (Å²) in [6.45, 7) is 0.378. The lowest BCUT2D eigenvalue weighted by atomic mass is 9.93. The number of carboxylic acids is 1. The fraction of sp³-hybridized carbons (Fsp3) is 0.571. The Morgan fingerprint density at radius 2 is 2.00 bits per heavy atom. The quantitative estimate of drug-likeness (QED) is 0.499. The molecule has 2 unspecified atom stereocenters. The molecule has 8 heteroatoms. The molecule has 1 aromatic heterocycles. The number of hydrogen-bond acceptors (Lipinski definition) is 6. The SMILES string of the molecule is NCCCC(C(=O)NC1(c2ncccn2)CC1)C(N)C(=O)O. The third-order valence-corrected chi connectivity index (χ3v) is 3.88. The van der Waals surface area contributed by atoms with Crippen molar-refractivity contribution in [3.05, 3.63) is 24.3 Å². The van der Waals surface area contributed by atoms with Crippen molar-refractivity contribution in [1.82, 2.24) is 15.3 Å². The zero-order valence-corrected chi connectivity index (χ0v) is 12.2. The van der Waals surface area contributed by atoms with E-state index in [0.717, 1.165) is 12.8 Å². The molecule has 0 spiro atoms. The first-order valence-corrected chi connectivity index (χ1v) is 7.28. The van der Waals surface area contributed by atoms with Crippen LogP contribution in [-0.2, 0) is 15.1 Å². The van der Waals surface area contributed by atoms with Gasteiger partial charge in [0.05, 0.1) is 11.5 Å². The fourth-order valence-electron chi connectivity index (χ4n) is 2.39. The molecule has 1 aliphatic carbocycles. The maximum Gasteiger partial charge on any atom is 0.321 e. The molecule has 1 saturated carbocycles. The van der Waals surface area contributed by atoms with Gasteiger partial charge < -0.3 is 21.9 Å². The van der Waals surface area contributed by atoms with Crippen molar-refractivity contribution in [2.45, 2.75) is 37.3 Å². The molecular formula is C14H21N5O3. The lowest BCUT2D eigenvalue weighted by Crippen LogP contribution is -2.49. The highest BCUT2D eigenvalue weighted by atomic mass is 16.4. The molecule has 1 heterocycles. The number of nitrogens with zero attached hydrogens (tertiary/aromatic N) is 2. The second kappa shape index (κ2) is 6.80. The largest absolute Gasteiger partial charge is 0.480 e. The average molecular weight is 307 g/mol. The third-order valence-electron chi connectivity index (χ3n) is 3.88. The van der Waals surface area contributed by atoms with Crippen molar-refractivity contribution in [2.24, 2.45) is 17.4 Å². The molecule has 2 atom stereocenters. The second-order valence-corrected chi connectivity index (χ2v) is 5.55. The van der Waals surface area contributed by atoms with Crippen LogP contribution in [0.1, 0.15) is 31.5 Å². The van der Waals surface area contributed by atoms with E-state index in [1.807, 2.05) is 0 Å². The molecule has 6 N–H and O–H groups in total. The summed E-state index contributed by atoms with van der Waals surface area (Å²) in [6, 6.07) is 0.449. The van der Waals surface area contributed by atoms with E-state index in [1.54, 1.807) is 18.5 Å². The number of carbonyl (C=O) groups excluding carboxylic acids is 1. The first-order valence-electron chi connectivity index (χ1n) is 7.28. The van der Waals surface area contributed by atoms with Gasteiger partial charge in [-0.15, -0.1) is 0 Å². The van der Waals surface area contributed by atoms with Gasteiger partial charge in [-0.05, 0) is 38.3 Å². The minimum absolute atomic E-state index is 0.335. The van der Waals surface area contributed by atoms with E-state index in [4.69, 9.17) is 16.6 Å². The fourth-order valence-corrected chi connectivity index (χ4v) is 2.39. The van der Waals surface area contributed by atoms with E-state index in [9.17, 15) is 9.59 Å². The maximum absolute atomic E-state index is 12.5. The van der Waals surface area contributed by atoms with Crippen LogP contribution >= 0.6 is 0 Å². The summed E-state index contributed by atoms with van der Waals surface area (Å²) >= 11 is 0. The Bertz CT molecular complexity index is 533. The van der Waals surface area contributed by atoms with Gasteiger partial charge in [0.25, 0.3) is 0 Å². The molecule has 22 heavy (non-hydrogen) atoms. The second-order valence-electron chi connectivity index (χ2n) is 5.55. The molecule has 2 rings (SSSR count). The molecule has 0 bridgehead atoms. The van der Waals surface area contributed by atoms with Crippen LogP contribution in [0.15, 0.2) is 18.5 Å². The van der Waals surface area contributed by atoms with Crippen LogP contribution < -0.4 is 16.8 Å². The highest BCUT2D eigenvalue weighted by Gasteiger charge is 2.49. The van der Waals surface area contributed by atoms with Gasteiger partial charge in [-0.3, -0.25) is 9.59 Å². The van der Waals surface area contributed by atoms with Gasteiger partial charge >= 0.3 is 5.97 Å². The summed E-state index contributed by atoms with van der Waals surface area (Å²) in [7, 11) is 0. The molecule has 120 valence electrons. The van der Waals surface area contributed by atoms with Crippen molar-refractivity contribution < 1.29 is 14.7 Å². The number of rotatable bonds is 8. The minimum atomic E-state index is -1.25. The summed E-state index contributed by atoms with van der Waals surface area (Å²) in [4.78, 5) is 31.9. The molecule has 1 aliphatic rings. The first kappa shape index (κ1) is 16.3. The summed E-state index contributed by atoms with van der Waals surface area (Å²) in [6.07, 6.45) is 5.56. The average Bonchev–Trinajstić information content (AvgIpc) is 3.29. The van der Waals surface area contributed by atoms with E-state index in [1.165, 1.54) is 0 Å². The zero-order valence-electron chi connectivity index (χ0n) is 12.2. The number of aromatic nitrogens is 2. The van der Waals surface area contributed by atoms with E-state index in [2.05, 4.69) is 15.3 Å². The summed E-state index contributed by atoms with van der Waals surface area (Å²) in [5, 5.41) is 12.0. The Kier molecular flexibility index (Phi) is 5.04. The number of carbonyl (C=O) groups is 2. The lowest BCUT2D eigenvalue weighted by Gasteiger charge is -2.23. The van der Waals surface area contributed by atoms with Gasteiger partial charge in [0.2, 0.25) is 5.91 Å². The molecule has 8 nitrogen and oxygen atoms in total. The van der Waals surface area contributed by atoms with E-state index < -0.39 is 23.5 Å². The van der Waals surface area contributed by atoms with Crippen molar-refractivity contribution in [2.75, 3.05) is 6.54 Å². The number of nitrogens with one attached hydrogen (secondary N) is 1. The molecule has 0 saturated heterocycles. The van der Waals surface area contributed by atoms with Crippen LogP contribution in [0.25, 0.3) is 0 Å². The van der Waals surface area contributed by atoms with Crippen LogP contribution in [0.4, 0.5) is 0 Å². The predicted molar refractivity (Wildman–Crippen MR) is 78.5 cm³/mol. The highest BCUT2D eigenvalue weighted by Crippen LogP contribution is 2.43. The number of carboxylic acid groups (broad SMARTS) is 1.